The fraction of sp³-hybridized carbons (Fsp3) is 0.417. The molecular weight excluding hydrogens is 440 g/mol. The van der Waals surface area contributed by atoms with Crippen LogP contribution in [0, 0.1) is 5.92 Å². The van der Waals surface area contributed by atoms with E-state index in [0.717, 1.165) is 12.8 Å². The number of Topliss-reactive ketones (excluding diaryl/α,β-unsaturated/α-hetero) is 1. The molecule has 0 aliphatic heterocycles. The molecule has 5 N–H and O–H groups in total. The summed E-state index contributed by atoms with van der Waals surface area (Å²) in [5, 5.41) is 15.0. The van der Waals surface area contributed by atoms with Gasteiger partial charge in [0.2, 0.25) is 0 Å². The van der Waals surface area contributed by atoms with Gasteiger partial charge < -0.3 is 15.8 Å². The molecule has 2 aromatic heterocycles. The van der Waals surface area contributed by atoms with Crippen LogP contribution < -0.4 is 11.1 Å². The lowest BCUT2D eigenvalue weighted by molar-refractivity contribution is 0.0689. The molecule has 0 spiro atoms. The Morgan fingerprint density at radius 1 is 1.21 bits per heavy atom. The van der Waals surface area contributed by atoms with Crippen molar-refractivity contribution in [2.75, 3.05) is 11.9 Å². The van der Waals surface area contributed by atoms with E-state index in [1.807, 2.05) is 0 Å². The van der Waals surface area contributed by atoms with Gasteiger partial charge in [-0.3, -0.25) is 14.9 Å². The summed E-state index contributed by atoms with van der Waals surface area (Å²) >= 11 is 1.23. The number of carboxylic acids is 1. The molecule has 0 bridgehead atoms. The molecule has 1 aliphatic carbocycles. The molecule has 4 rings (SSSR count). The van der Waals surface area contributed by atoms with Crippen LogP contribution in [0.4, 0.5) is 5.13 Å². The molecule has 174 valence electrons. The van der Waals surface area contributed by atoms with Gasteiger partial charge in [-0.05, 0) is 49.1 Å². The number of aromatic amines is 1. The number of thiazole rings is 1. The van der Waals surface area contributed by atoms with Crippen LogP contribution in [0.5, 0.6) is 0 Å². The number of nitrogens with one attached hydrogen (secondary N) is 2. The van der Waals surface area contributed by atoms with Gasteiger partial charge in [0, 0.05) is 28.3 Å². The van der Waals surface area contributed by atoms with Crippen LogP contribution >= 0.6 is 11.3 Å². The molecule has 1 amide bonds. The number of benzene rings is 1. The van der Waals surface area contributed by atoms with Crippen LogP contribution in [-0.4, -0.2) is 39.3 Å². The maximum Gasteiger partial charge on any atom is 0.352 e. The third kappa shape index (κ3) is 5.31. The van der Waals surface area contributed by atoms with E-state index in [1.165, 1.54) is 30.6 Å². The van der Waals surface area contributed by atoms with Gasteiger partial charge in [0.25, 0.3) is 5.91 Å². The number of aromatic carboxylic acids is 1. The second-order valence-corrected chi connectivity index (χ2v) is 9.42. The number of rotatable bonds is 9. The van der Waals surface area contributed by atoms with E-state index in [2.05, 4.69) is 15.3 Å². The summed E-state index contributed by atoms with van der Waals surface area (Å²) in [4.78, 5) is 44.3. The SMILES string of the molecule is NCCCc1c(C(=O)O)[nH]c2ccc(C(=O)Nc3nc(C(=O)CC4CCCCC4)cs3)cc12. The smallest absolute Gasteiger partial charge is 0.352 e. The van der Waals surface area contributed by atoms with E-state index in [9.17, 15) is 19.5 Å². The first-order valence-electron chi connectivity index (χ1n) is 11.3. The fourth-order valence-electron chi connectivity index (χ4n) is 4.50. The van der Waals surface area contributed by atoms with Gasteiger partial charge >= 0.3 is 5.97 Å². The molecule has 1 fully saturated rings. The van der Waals surface area contributed by atoms with E-state index >= 15 is 0 Å². The zero-order valence-corrected chi connectivity index (χ0v) is 19.2. The number of H-pyrrole nitrogens is 1. The Hall–Kier alpha value is -3.04. The minimum atomic E-state index is -1.04. The van der Waals surface area contributed by atoms with Crippen molar-refractivity contribution in [2.24, 2.45) is 11.7 Å². The summed E-state index contributed by atoms with van der Waals surface area (Å²) in [6, 6.07) is 5.01. The van der Waals surface area contributed by atoms with Crippen molar-refractivity contribution in [1.82, 2.24) is 9.97 Å². The van der Waals surface area contributed by atoms with Gasteiger partial charge in [-0.1, -0.05) is 32.1 Å². The predicted octanol–water partition coefficient (Wildman–Crippen LogP) is 4.62. The lowest BCUT2D eigenvalue weighted by atomic mass is 9.85. The number of carboxylic acid groups (broad SMARTS) is 1. The average molecular weight is 469 g/mol. The van der Waals surface area contributed by atoms with E-state index in [-0.39, 0.29) is 17.4 Å². The van der Waals surface area contributed by atoms with Gasteiger partial charge in [0.1, 0.15) is 11.4 Å². The summed E-state index contributed by atoms with van der Waals surface area (Å²) in [5.41, 5.74) is 7.81. The first-order valence-corrected chi connectivity index (χ1v) is 12.2. The molecule has 0 saturated heterocycles. The third-order valence-corrected chi connectivity index (χ3v) is 6.98. The highest BCUT2D eigenvalue weighted by Crippen LogP contribution is 2.29. The molecule has 9 heteroatoms. The maximum absolute atomic E-state index is 12.8. The zero-order valence-electron chi connectivity index (χ0n) is 18.4. The molecule has 1 saturated carbocycles. The molecule has 0 atom stereocenters. The molecule has 0 radical (unpaired) electrons. The number of ketones is 1. The van der Waals surface area contributed by atoms with Gasteiger partial charge in [-0.15, -0.1) is 11.3 Å². The predicted molar refractivity (Wildman–Crippen MR) is 128 cm³/mol. The number of nitrogens with zero attached hydrogens (tertiary/aromatic N) is 1. The molecule has 8 nitrogen and oxygen atoms in total. The molecule has 1 aromatic carbocycles. The van der Waals surface area contributed by atoms with Crippen LogP contribution in [0.25, 0.3) is 10.9 Å². The number of amides is 1. The number of aryl methyl sites for hydroxylation is 1. The van der Waals surface area contributed by atoms with E-state index < -0.39 is 5.97 Å². The number of hydrogen-bond donors (Lipinski definition) is 4. The van der Waals surface area contributed by atoms with Crippen molar-refractivity contribution < 1.29 is 19.5 Å². The Labute approximate surface area is 195 Å². The van der Waals surface area contributed by atoms with Crippen molar-refractivity contribution >= 4 is 45.0 Å². The summed E-state index contributed by atoms with van der Waals surface area (Å²) in [6.45, 7) is 0.442. The highest BCUT2D eigenvalue weighted by Gasteiger charge is 2.21. The fourth-order valence-corrected chi connectivity index (χ4v) is 5.21. The number of aromatic nitrogens is 2. The molecule has 2 heterocycles. The van der Waals surface area contributed by atoms with Crippen LogP contribution in [0.1, 0.15) is 81.8 Å². The lowest BCUT2D eigenvalue weighted by Gasteiger charge is -2.20. The Morgan fingerprint density at radius 2 is 2.00 bits per heavy atom. The Balaban J connectivity index is 1.48. The van der Waals surface area contributed by atoms with Gasteiger partial charge in [0.05, 0.1) is 0 Å². The van der Waals surface area contributed by atoms with Crippen molar-refractivity contribution in [3.05, 3.63) is 46.1 Å². The van der Waals surface area contributed by atoms with E-state index in [4.69, 9.17) is 5.73 Å². The average Bonchev–Trinajstić information content (AvgIpc) is 3.42. The number of hydrogen-bond acceptors (Lipinski definition) is 6. The standard InChI is InChI=1S/C24H28N4O4S/c25-10-4-7-16-17-12-15(8-9-18(17)26-21(16)23(31)32)22(30)28-24-27-19(13-33-24)20(29)11-14-5-2-1-3-6-14/h8-9,12-14,26H,1-7,10-11,25H2,(H,31,32)(H,27,28,30). The van der Waals surface area contributed by atoms with Crippen molar-refractivity contribution in [3.63, 3.8) is 0 Å². The second kappa shape index (κ2) is 10.3. The zero-order chi connectivity index (χ0) is 23.4. The summed E-state index contributed by atoms with van der Waals surface area (Å²) in [7, 11) is 0. The van der Waals surface area contributed by atoms with Gasteiger partial charge in [-0.25, -0.2) is 9.78 Å². The maximum atomic E-state index is 12.8. The summed E-state index contributed by atoms with van der Waals surface area (Å²) in [5.74, 6) is -0.945. The second-order valence-electron chi connectivity index (χ2n) is 8.56. The van der Waals surface area contributed by atoms with Crippen molar-refractivity contribution in [1.29, 1.82) is 0 Å². The minimum Gasteiger partial charge on any atom is -0.477 e. The highest BCUT2D eigenvalue weighted by atomic mass is 32.1. The summed E-state index contributed by atoms with van der Waals surface area (Å²) in [6.07, 6.45) is 7.46. The molecule has 3 aromatic rings. The van der Waals surface area contributed by atoms with Crippen molar-refractivity contribution in [3.8, 4) is 0 Å². The van der Waals surface area contributed by atoms with Gasteiger partial charge in [0.15, 0.2) is 10.9 Å². The Bertz CT molecular complexity index is 1180. The highest BCUT2D eigenvalue weighted by molar-refractivity contribution is 7.14. The Morgan fingerprint density at radius 3 is 2.73 bits per heavy atom. The van der Waals surface area contributed by atoms with Crippen LogP contribution in [0.2, 0.25) is 0 Å². The van der Waals surface area contributed by atoms with Crippen LogP contribution in [-0.2, 0) is 6.42 Å². The molecule has 0 unspecified atom stereocenters. The van der Waals surface area contributed by atoms with E-state index in [0.29, 0.717) is 64.6 Å². The molecule has 33 heavy (non-hydrogen) atoms. The first-order chi connectivity index (χ1) is 16.0. The van der Waals surface area contributed by atoms with Crippen LogP contribution in [0.3, 0.4) is 0 Å². The summed E-state index contributed by atoms with van der Waals surface area (Å²) < 4.78 is 0. The Kier molecular flexibility index (Phi) is 7.20. The third-order valence-electron chi connectivity index (χ3n) is 6.22. The van der Waals surface area contributed by atoms with E-state index in [1.54, 1.807) is 23.6 Å². The van der Waals surface area contributed by atoms with Gasteiger partial charge in [-0.2, -0.15) is 0 Å². The normalized spacial score (nSPS) is 14.5. The molecule has 1 aliphatic rings. The van der Waals surface area contributed by atoms with Crippen LogP contribution in [0.15, 0.2) is 23.6 Å². The first kappa shape index (κ1) is 23.1. The van der Waals surface area contributed by atoms with Crippen molar-refractivity contribution in [2.45, 2.75) is 51.4 Å². The number of anilines is 1. The topological polar surface area (TPSA) is 138 Å². The largest absolute Gasteiger partial charge is 0.477 e. The quantitative estimate of drug-likeness (QED) is 0.338. The minimum absolute atomic E-state index is 0.0261. The number of carbonyl (C=O) groups is 3. The monoisotopic (exact) mass is 468 g/mol. The lowest BCUT2D eigenvalue weighted by Crippen LogP contribution is -2.14. The number of carbonyl (C=O) groups excluding carboxylic acids is 2. The molecular formula is C24H28N4O4S. The number of fused-ring (bicyclic) bond motifs is 1. The number of nitrogens with two attached hydrogens (primary N) is 1.